The summed E-state index contributed by atoms with van der Waals surface area (Å²) in [4.78, 5) is 0. The molecule has 24 heavy (non-hydrogen) atoms. The van der Waals surface area contributed by atoms with Gasteiger partial charge < -0.3 is 18.8 Å². The highest BCUT2D eigenvalue weighted by Crippen LogP contribution is 2.32. The van der Waals surface area contributed by atoms with Gasteiger partial charge in [0.1, 0.15) is 17.2 Å². The Bertz CT molecular complexity index is 806. The molecule has 3 rings (SSSR count). The van der Waals surface area contributed by atoms with Gasteiger partial charge in [-0.2, -0.15) is 0 Å². The lowest BCUT2D eigenvalue weighted by atomic mass is 10.2. The Balaban J connectivity index is 1.65. The third-order valence-electron chi connectivity index (χ3n) is 4.11. The Labute approximate surface area is 142 Å². The van der Waals surface area contributed by atoms with Crippen LogP contribution in [0.1, 0.15) is 12.0 Å². The van der Waals surface area contributed by atoms with Gasteiger partial charge in [0.2, 0.25) is 0 Å². The van der Waals surface area contributed by atoms with E-state index >= 15 is 0 Å². The minimum Gasteiger partial charge on any atom is -0.497 e. The first-order valence-corrected chi connectivity index (χ1v) is 8.11. The van der Waals surface area contributed by atoms with Crippen molar-refractivity contribution in [1.29, 1.82) is 0 Å². The average Bonchev–Trinajstić information content (AvgIpc) is 3.02. The zero-order valence-corrected chi connectivity index (χ0v) is 14.4. The molecule has 4 nitrogen and oxygen atoms in total. The molecule has 1 heterocycles. The fraction of sp³-hybridized carbons (Fsp3) is 0.300. The monoisotopic (exact) mass is 325 g/mol. The van der Waals surface area contributed by atoms with E-state index in [9.17, 15) is 0 Å². The van der Waals surface area contributed by atoms with E-state index in [0.717, 1.165) is 41.1 Å². The number of methoxy groups -OCH3 is 2. The van der Waals surface area contributed by atoms with Crippen LogP contribution >= 0.6 is 0 Å². The summed E-state index contributed by atoms with van der Waals surface area (Å²) in [7, 11) is 3.35. The maximum Gasteiger partial charge on any atom is 0.131 e. The Morgan fingerprint density at radius 2 is 1.71 bits per heavy atom. The molecule has 0 saturated carbocycles. The maximum atomic E-state index is 5.80. The normalized spacial score (nSPS) is 10.8. The zero-order valence-electron chi connectivity index (χ0n) is 14.4. The largest absolute Gasteiger partial charge is 0.497 e. The van der Waals surface area contributed by atoms with Crippen LogP contribution in [0.4, 0.5) is 0 Å². The molecule has 0 aliphatic rings. The molecule has 3 aromatic rings. The summed E-state index contributed by atoms with van der Waals surface area (Å²) in [6, 6.07) is 14.2. The molecule has 0 aliphatic heterocycles. The minimum atomic E-state index is 0.684. The lowest BCUT2D eigenvalue weighted by Gasteiger charge is -2.10. The molecular formula is C20H23NO3. The zero-order chi connectivity index (χ0) is 16.9. The molecule has 4 heteroatoms. The van der Waals surface area contributed by atoms with Crippen molar-refractivity contribution in [3.8, 4) is 17.2 Å². The van der Waals surface area contributed by atoms with Gasteiger partial charge in [0, 0.05) is 30.3 Å². The second-order valence-electron chi connectivity index (χ2n) is 5.79. The van der Waals surface area contributed by atoms with Gasteiger partial charge in [-0.05, 0) is 31.5 Å². The van der Waals surface area contributed by atoms with Crippen LogP contribution < -0.4 is 14.2 Å². The highest BCUT2D eigenvalue weighted by atomic mass is 16.5. The van der Waals surface area contributed by atoms with Crippen LogP contribution in [0.25, 0.3) is 10.9 Å². The predicted molar refractivity (Wildman–Crippen MR) is 96.3 cm³/mol. The number of rotatable bonds is 7. The lowest BCUT2D eigenvalue weighted by Crippen LogP contribution is -2.04. The van der Waals surface area contributed by atoms with E-state index in [4.69, 9.17) is 14.2 Å². The number of aromatic nitrogens is 1. The summed E-state index contributed by atoms with van der Waals surface area (Å²) in [5.74, 6) is 2.55. The van der Waals surface area contributed by atoms with Crippen LogP contribution in [0.3, 0.4) is 0 Å². The Hall–Kier alpha value is -2.62. The number of nitrogens with zero attached hydrogens (tertiary/aromatic N) is 1. The molecule has 0 unspecified atom stereocenters. The predicted octanol–water partition coefficient (Wildman–Crippen LogP) is 4.44. The molecule has 0 atom stereocenters. The number of aryl methyl sites for hydroxylation is 2. The summed E-state index contributed by atoms with van der Waals surface area (Å²) in [5.41, 5.74) is 2.35. The summed E-state index contributed by atoms with van der Waals surface area (Å²) >= 11 is 0. The molecule has 0 amide bonds. The van der Waals surface area contributed by atoms with E-state index in [0.29, 0.717) is 6.61 Å². The molecular weight excluding hydrogens is 302 g/mol. The second-order valence-corrected chi connectivity index (χ2v) is 5.79. The van der Waals surface area contributed by atoms with Crippen molar-refractivity contribution in [3.05, 3.63) is 54.2 Å². The fourth-order valence-corrected chi connectivity index (χ4v) is 2.78. The van der Waals surface area contributed by atoms with Gasteiger partial charge in [0.05, 0.1) is 26.3 Å². The molecule has 0 saturated heterocycles. The van der Waals surface area contributed by atoms with Crippen molar-refractivity contribution in [1.82, 2.24) is 4.57 Å². The molecule has 1 aromatic heterocycles. The van der Waals surface area contributed by atoms with E-state index in [1.807, 2.05) is 24.3 Å². The van der Waals surface area contributed by atoms with E-state index in [1.165, 1.54) is 5.56 Å². The van der Waals surface area contributed by atoms with Crippen LogP contribution in [0.15, 0.2) is 48.7 Å². The van der Waals surface area contributed by atoms with E-state index in [-0.39, 0.29) is 0 Å². The highest BCUT2D eigenvalue weighted by molar-refractivity contribution is 5.88. The maximum absolute atomic E-state index is 5.80. The quantitative estimate of drug-likeness (QED) is 0.602. The van der Waals surface area contributed by atoms with Crippen molar-refractivity contribution in [2.24, 2.45) is 0 Å². The third-order valence-corrected chi connectivity index (χ3v) is 4.11. The van der Waals surface area contributed by atoms with Gasteiger partial charge >= 0.3 is 0 Å². The van der Waals surface area contributed by atoms with Crippen LogP contribution in [0.2, 0.25) is 0 Å². The fourth-order valence-electron chi connectivity index (χ4n) is 2.78. The molecule has 0 spiro atoms. The number of ether oxygens (including phenoxy) is 3. The number of fused-ring (bicyclic) bond motifs is 1. The third kappa shape index (κ3) is 3.48. The highest BCUT2D eigenvalue weighted by Gasteiger charge is 2.09. The van der Waals surface area contributed by atoms with Crippen molar-refractivity contribution in [2.45, 2.75) is 19.9 Å². The molecule has 0 N–H and O–H groups in total. The molecule has 126 valence electrons. The average molecular weight is 325 g/mol. The van der Waals surface area contributed by atoms with Crippen LogP contribution in [0.5, 0.6) is 17.2 Å². The molecule has 0 bridgehead atoms. The van der Waals surface area contributed by atoms with Crippen LogP contribution in [-0.2, 0) is 6.54 Å². The molecule has 0 radical (unpaired) electrons. The van der Waals surface area contributed by atoms with Crippen LogP contribution in [-0.4, -0.2) is 25.4 Å². The molecule has 0 aliphatic carbocycles. The SMILES string of the molecule is COc1cc(OC)c2ccn(CCCOc3ccc(C)cc3)c2c1. The smallest absolute Gasteiger partial charge is 0.131 e. The Morgan fingerprint density at radius 1 is 0.917 bits per heavy atom. The Kier molecular flexibility index (Phi) is 4.94. The second kappa shape index (κ2) is 7.30. The summed E-state index contributed by atoms with van der Waals surface area (Å²) in [6.07, 6.45) is 3.01. The molecule has 0 fully saturated rings. The minimum absolute atomic E-state index is 0.684. The van der Waals surface area contributed by atoms with Crippen molar-refractivity contribution >= 4 is 10.9 Å². The number of hydrogen-bond acceptors (Lipinski definition) is 3. The van der Waals surface area contributed by atoms with E-state index in [2.05, 4.69) is 35.9 Å². The summed E-state index contributed by atoms with van der Waals surface area (Å²) in [6.45, 7) is 3.64. The summed E-state index contributed by atoms with van der Waals surface area (Å²) < 4.78 is 18.8. The van der Waals surface area contributed by atoms with Gasteiger partial charge in [-0.15, -0.1) is 0 Å². The van der Waals surface area contributed by atoms with Gasteiger partial charge in [0.25, 0.3) is 0 Å². The summed E-state index contributed by atoms with van der Waals surface area (Å²) in [5, 5.41) is 1.10. The molecule has 2 aromatic carbocycles. The van der Waals surface area contributed by atoms with Gasteiger partial charge in [-0.1, -0.05) is 17.7 Å². The van der Waals surface area contributed by atoms with Gasteiger partial charge in [0.15, 0.2) is 0 Å². The van der Waals surface area contributed by atoms with E-state index in [1.54, 1.807) is 14.2 Å². The standard InChI is InChI=1S/C20H23NO3/c1-15-5-7-16(8-6-15)24-12-4-10-21-11-9-18-19(21)13-17(22-2)14-20(18)23-3/h5-9,11,13-14H,4,10,12H2,1-3H3. The first kappa shape index (κ1) is 16.2. The topological polar surface area (TPSA) is 32.6 Å². The first-order valence-electron chi connectivity index (χ1n) is 8.11. The Morgan fingerprint density at radius 3 is 2.42 bits per heavy atom. The first-order chi connectivity index (χ1) is 11.7. The van der Waals surface area contributed by atoms with Gasteiger partial charge in [-0.25, -0.2) is 0 Å². The lowest BCUT2D eigenvalue weighted by molar-refractivity contribution is 0.302. The van der Waals surface area contributed by atoms with Crippen molar-refractivity contribution in [2.75, 3.05) is 20.8 Å². The van der Waals surface area contributed by atoms with Crippen molar-refractivity contribution in [3.63, 3.8) is 0 Å². The van der Waals surface area contributed by atoms with E-state index < -0.39 is 0 Å². The number of hydrogen-bond donors (Lipinski definition) is 0. The van der Waals surface area contributed by atoms with Crippen LogP contribution in [0, 0.1) is 6.92 Å². The van der Waals surface area contributed by atoms with Crippen molar-refractivity contribution < 1.29 is 14.2 Å². The number of benzene rings is 2. The van der Waals surface area contributed by atoms with Gasteiger partial charge in [-0.3, -0.25) is 0 Å².